The molecule has 8 atom stereocenters. The van der Waals surface area contributed by atoms with E-state index in [0.29, 0.717) is 30.6 Å². The predicted molar refractivity (Wildman–Crippen MR) is 133 cm³/mol. The fraction of sp³-hybridized carbons (Fsp3) is 0.867. The maximum Gasteiger partial charge on any atom is 0.313 e. The van der Waals surface area contributed by atoms with Gasteiger partial charge in [0.1, 0.15) is 11.4 Å². The minimum Gasteiger partial charge on any atom is -0.458 e. The SMILES string of the molecule is CC(C)CC(=O)CC1(C)OC(=O)C23CC=C4C(CCC5C4(C)CCC(O)C5(C)C)C2(C)CCC13. The van der Waals surface area contributed by atoms with Crippen molar-refractivity contribution in [1.82, 2.24) is 0 Å². The number of fused-ring (bicyclic) bond motifs is 4. The number of aliphatic hydroxyl groups excluding tert-OH is 1. The number of carbonyl (C=O) groups is 2. The zero-order valence-electron chi connectivity index (χ0n) is 22.5. The molecule has 34 heavy (non-hydrogen) atoms. The van der Waals surface area contributed by atoms with Crippen molar-refractivity contribution < 1.29 is 19.4 Å². The largest absolute Gasteiger partial charge is 0.458 e. The van der Waals surface area contributed by atoms with Crippen LogP contribution in [-0.2, 0) is 14.3 Å². The Morgan fingerprint density at radius 1 is 1.06 bits per heavy atom. The lowest BCUT2D eigenvalue weighted by molar-refractivity contribution is -0.163. The van der Waals surface area contributed by atoms with Crippen molar-refractivity contribution in [3.05, 3.63) is 11.6 Å². The zero-order chi connectivity index (χ0) is 24.9. The lowest BCUT2D eigenvalue weighted by atomic mass is 9.41. The van der Waals surface area contributed by atoms with Crippen molar-refractivity contribution >= 4 is 11.8 Å². The number of Topliss-reactive ketones (excluding diaryl/α,β-unsaturated/α-hetero) is 1. The summed E-state index contributed by atoms with van der Waals surface area (Å²) in [5, 5.41) is 10.8. The number of ketones is 1. The van der Waals surface area contributed by atoms with Gasteiger partial charge in [-0.2, -0.15) is 0 Å². The van der Waals surface area contributed by atoms with E-state index in [9.17, 15) is 14.7 Å². The van der Waals surface area contributed by atoms with E-state index in [4.69, 9.17) is 4.74 Å². The number of allylic oxidation sites excluding steroid dienone is 2. The number of ether oxygens (including phenoxy) is 1. The van der Waals surface area contributed by atoms with Crippen LogP contribution in [-0.4, -0.2) is 28.6 Å². The summed E-state index contributed by atoms with van der Waals surface area (Å²) in [6.45, 7) is 15.5. The fourth-order valence-corrected chi connectivity index (χ4v) is 10.2. The Bertz CT molecular complexity index is 932. The van der Waals surface area contributed by atoms with Gasteiger partial charge in [-0.05, 0) is 85.9 Å². The van der Waals surface area contributed by atoms with E-state index in [1.165, 1.54) is 0 Å². The third kappa shape index (κ3) is 2.93. The van der Waals surface area contributed by atoms with Crippen LogP contribution in [0, 0.1) is 45.3 Å². The van der Waals surface area contributed by atoms with Gasteiger partial charge in [-0.1, -0.05) is 53.2 Å². The summed E-state index contributed by atoms with van der Waals surface area (Å²) in [7, 11) is 0. The first-order valence-corrected chi connectivity index (χ1v) is 13.9. The first-order valence-electron chi connectivity index (χ1n) is 13.9. The van der Waals surface area contributed by atoms with E-state index in [-0.39, 0.29) is 40.0 Å². The van der Waals surface area contributed by atoms with Crippen molar-refractivity contribution in [3.8, 4) is 0 Å². The summed E-state index contributed by atoms with van der Waals surface area (Å²) in [6.07, 6.45) is 9.94. The van der Waals surface area contributed by atoms with Crippen molar-refractivity contribution in [2.24, 2.45) is 45.3 Å². The molecule has 4 nitrogen and oxygen atoms in total. The number of hydrogen-bond donors (Lipinski definition) is 1. The number of hydrogen-bond acceptors (Lipinski definition) is 4. The summed E-state index contributed by atoms with van der Waals surface area (Å²) in [6, 6.07) is 0. The molecule has 5 aliphatic rings. The Labute approximate surface area is 206 Å². The maximum atomic E-state index is 13.8. The molecule has 0 amide bonds. The first kappa shape index (κ1) is 24.5. The number of carbonyl (C=O) groups excluding carboxylic acids is 2. The second-order valence-electron chi connectivity index (χ2n) is 14.3. The zero-order valence-corrected chi connectivity index (χ0v) is 22.5. The van der Waals surface area contributed by atoms with Crippen LogP contribution in [0.4, 0.5) is 0 Å². The van der Waals surface area contributed by atoms with Crippen LogP contribution < -0.4 is 0 Å². The van der Waals surface area contributed by atoms with E-state index in [0.717, 1.165) is 44.9 Å². The molecule has 5 rings (SSSR count). The Balaban J connectivity index is 1.52. The Kier molecular flexibility index (Phi) is 5.36. The summed E-state index contributed by atoms with van der Waals surface area (Å²) in [5.41, 5.74) is 0.272. The molecule has 0 aromatic rings. The molecule has 0 aromatic heterocycles. The van der Waals surface area contributed by atoms with E-state index in [1.807, 2.05) is 6.92 Å². The Morgan fingerprint density at radius 3 is 2.44 bits per heavy atom. The van der Waals surface area contributed by atoms with Gasteiger partial charge >= 0.3 is 5.97 Å². The fourth-order valence-electron chi connectivity index (χ4n) is 10.2. The third-order valence-corrected chi connectivity index (χ3v) is 11.8. The van der Waals surface area contributed by atoms with Crippen LogP contribution in [0.15, 0.2) is 11.6 Å². The summed E-state index contributed by atoms with van der Waals surface area (Å²) in [4.78, 5) is 26.7. The molecular weight excluding hydrogens is 424 g/mol. The standard InChI is InChI=1S/C30H46O4/c1-18(2)16-19(31)17-29(7)23-11-14-28(6)21-8-9-22-26(3,4)24(32)12-13-27(22,5)20(21)10-15-30(23,28)25(33)34-29/h10,18,21-24,32H,8-9,11-17H2,1-7H3. The Hall–Kier alpha value is -1.16. The number of rotatable bonds is 4. The number of esters is 1. The lowest BCUT2D eigenvalue weighted by Gasteiger charge is -2.63. The molecule has 4 aliphatic carbocycles. The molecule has 1 saturated heterocycles. The first-order chi connectivity index (χ1) is 15.7. The average molecular weight is 471 g/mol. The van der Waals surface area contributed by atoms with Gasteiger partial charge in [0.15, 0.2) is 0 Å². The smallest absolute Gasteiger partial charge is 0.313 e. The molecule has 1 aliphatic heterocycles. The molecule has 0 bridgehead atoms. The van der Waals surface area contributed by atoms with E-state index >= 15 is 0 Å². The monoisotopic (exact) mass is 470 g/mol. The Morgan fingerprint density at radius 2 is 1.76 bits per heavy atom. The third-order valence-electron chi connectivity index (χ3n) is 11.8. The average Bonchev–Trinajstić information content (AvgIpc) is 3.15. The van der Waals surface area contributed by atoms with Gasteiger partial charge in [0.2, 0.25) is 0 Å². The van der Waals surface area contributed by atoms with Crippen LogP contribution in [0.3, 0.4) is 0 Å². The van der Waals surface area contributed by atoms with E-state index < -0.39 is 11.0 Å². The molecule has 1 heterocycles. The topological polar surface area (TPSA) is 63.6 Å². The predicted octanol–water partition coefficient (Wildman–Crippen LogP) is 6.25. The van der Waals surface area contributed by atoms with Crippen LogP contribution in [0.2, 0.25) is 0 Å². The minimum atomic E-state index is -0.676. The summed E-state index contributed by atoms with van der Waals surface area (Å²) in [5.74, 6) is 1.47. The van der Waals surface area contributed by atoms with Crippen LogP contribution >= 0.6 is 0 Å². The molecule has 4 heteroatoms. The van der Waals surface area contributed by atoms with Gasteiger partial charge < -0.3 is 9.84 Å². The highest BCUT2D eigenvalue weighted by molar-refractivity contribution is 5.86. The molecule has 190 valence electrons. The molecule has 8 unspecified atom stereocenters. The van der Waals surface area contributed by atoms with Crippen molar-refractivity contribution in [3.63, 3.8) is 0 Å². The molecule has 1 N–H and O–H groups in total. The molecule has 4 fully saturated rings. The second kappa shape index (κ2) is 7.43. The second-order valence-corrected chi connectivity index (χ2v) is 14.3. The highest BCUT2D eigenvalue weighted by Crippen LogP contribution is 2.75. The minimum absolute atomic E-state index is 0.0423. The summed E-state index contributed by atoms with van der Waals surface area (Å²) >= 11 is 0. The van der Waals surface area contributed by atoms with Gasteiger partial charge in [0.05, 0.1) is 11.5 Å². The molecule has 1 spiro atoms. The van der Waals surface area contributed by atoms with E-state index in [2.05, 4.69) is 47.6 Å². The number of aliphatic hydroxyl groups is 1. The van der Waals surface area contributed by atoms with Gasteiger partial charge in [-0.15, -0.1) is 0 Å². The van der Waals surface area contributed by atoms with Crippen LogP contribution in [0.5, 0.6) is 0 Å². The van der Waals surface area contributed by atoms with Crippen molar-refractivity contribution in [2.45, 2.75) is 118 Å². The van der Waals surface area contributed by atoms with Gasteiger partial charge in [-0.25, -0.2) is 0 Å². The number of cyclic esters (lactones) is 1. The molecular formula is C30H46O4. The van der Waals surface area contributed by atoms with Gasteiger partial charge in [-0.3, -0.25) is 9.59 Å². The maximum absolute atomic E-state index is 13.8. The van der Waals surface area contributed by atoms with Crippen molar-refractivity contribution in [1.29, 1.82) is 0 Å². The van der Waals surface area contributed by atoms with E-state index in [1.54, 1.807) is 5.57 Å². The normalized spacial score (nSPS) is 49.0. The van der Waals surface area contributed by atoms with Gasteiger partial charge in [0, 0.05) is 18.8 Å². The highest BCUT2D eigenvalue weighted by Gasteiger charge is 2.76. The van der Waals surface area contributed by atoms with Crippen molar-refractivity contribution in [2.75, 3.05) is 0 Å². The van der Waals surface area contributed by atoms with Gasteiger partial charge in [0.25, 0.3) is 0 Å². The molecule has 0 radical (unpaired) electrons. The van der Waals surface area contributed by atoms with Crippen LogP contribution in [0.25, 0.3) is 0 Å². The molecule has 0 aromatic carbocycles. The quantitative estimate of drug-likeness (QED) is 0.389. The lowest BCUT2D eigenvalue weighted by Crippen LogP contribution is -2.58. The van der Waals surface area contributed by atoms with Crippen LogP contribution in [0.1, 0.15) is 106 Å². The summed E-state index contributed by atoms with van der Waals surface area (Å²) < 4.78 is 6.23. The highest BCUT2D eigenvalue weighted by atomic mass is 16.6. The molecule has 3 saturated carbocycles.